The van der Waals surface area contributed by atoms with Gasteiger partial charge in [-0.1, -0.05) is 30.3 Å². The molecule has 0 spiro atoms. The van der Waals surface area contributed by atoms with Crippen LogP contribution in [-0.2, 0) is 25.7 Å². The molecule has 7 nitrogen and oxygen atoms in total. The van der Waals surface area contributed by atoms with E-state index in [0.717, 1.165) is 5.56 Å². The Kier molecular flexibility index (Phi) is 5.75. The fraction of sp³-hybridized carbons (Fsp3) is 0.500. The third-order valence-corrected chi connectivity index (χ3v) is 5.30. The molecule has 1 aromatic carbocycles. The van der Waals surface area contributed by atoms with Crippen LogP contribution in [0, 0.1) is 29.1 Å². The summed E-state index contributed by atoms with van der Waals surface area (Å²) in [6.07, 6.45) is -0.198. The van der Waals surface area contributed by atoms with Crippen LogP contribution in [0.5, 0.6) is 0 Å². The topological polar surface area (TPSA) is 96.7 Å². The van der Waals surface area contributed by atoms with E-state index in [4.69, 9.17) is 14.7 Å². The number of hydrogen-bond donors (Lipinski definition) is 0. The van der Waals surface area contributed by atoms with Crippen molar-refractivity contribution in [1.29, 1.82) is 5.26 Å². The fourth-order valence-electron chi connectivity index (χ4n) is 4.15. The lowest BCUT2D eigenvalue weighted by molar-refractivity contribution is -0.149. The van der Waals surface area contributed by atoms with E-state index in [-0.39, 0.29) is 50.2 Å². The number of rotatable bonds is 5. The van der Waals surface area contributed by atoms with Crippen LogP contribution in [0.25, 0.3) is 0 Å². The number of fused-ring (bicyclic) bond motifs is 1. The Balaban J connectivity index is 1.78. The van der Waals surface area contributed by atoms with Crippen LogP contribution < -0.4 is 0 Å². The minimum absolute atomic E-state index is 0.00657. The van der Waals surface area contributed by atoms with Crippen molar-refractivity contribution >= 4 is 17.8 Å². The van der Waals surface area contributed by atoms with E-state index >= 15 is 0 Å². The molecule has 142 valence electrons. The summed E-state index contributed by atoms with van der Waals surface area (Å²) in [4.78, 5) is 38.9. The van der Waals surface area contributed by atoms with Crippen molar-refractivity contribution in [2.75, 3.05) is 13.2 Å². The molecule has 0 aromatic heterocycles. The molecule has 1 aliphatic heterocycles. The minimum Gasteiger partial charge on any atom is -0.464 e. The number of nitrogens with zero attached hydrogens (tertiary/aromatic N) is 2. The van der Waals surface area contributed by atoms with E-state index in [2.05, 4.69) is 6.07 Å². The Morgan fingerprint density at radius 1 is 1.26 bits per heavy atom. The molecule has 0 N–H and O–H groups in total. The molecule has 4 atom stereocenters. The number of ether oxygens (including phenoxy) is 2. The van der Waals surface area contributed by atoms with Crippen molar-refractivity contribution in [2.24, 2.45) is 17.8 Å². The van der Waals surface area contributed by atoms with Crippen LogP contribution in [0.1, 0.15) is 25.3 Å². The smallest absolute Gasteiger partial charge is 0.410 e. The van der Waals surface area contributed by atoms with E-state index in [0.29, 0.717) is 0 Å². The second-order valence-electron chi connectivity index (χ2n) is 6.87. The second kappa shape index (κ2) is 8.21. The lowest BCUT2D eigenvalue weighted by Crippen LogP contribution is -2.45. The third-order valence-electron chi connectivity index (χ3n) is 5.30. The van der Waals surface area contributed by atoms with Crippen LogP contribution in [0.2, 0.25) is 0 Å². The summed E-state index contributed by atoms with van der Waals surface area (Å²) >= 11 is 0. The number of Topliss-reactive ketones (excluding diaryl/α,β-unsaturated/α-hetero) is 1. The number of esters is 1. The summed E-state index contributed by atoms with van der Waals surface area (Å²) < 4.78 is 10.5. The van der Waals surface area contributed by atoms with Gasteiger partial charge in [-0.25, -0.2) is 9.59 Å². The number of benzene rings is 1. The van der Waals surface area contributed by atoms with Gasteiger partial charge in [0.25, 0.3) is 0 Å². The second-order valence-corrected chi connectivity index (χ2v) is 6.87. The van der Waals surface area contributed by atoms with Crippen LogP contribution in [-0.4, -0.2) is 41.9 Å². The van der Waals surface area contributed by atoms with Gasteiger partial charge in [0.1, 0.15) is 18.4 Å². The monoisotopic (exact) mass is 370 g/mol. The molecular weight excluding hydrogens is 348 g/mol. The molecule has 7 heteroatoms. The molecule has 2 fully saturated rings. The zero-order chi connectivity index (χ0) is 19.4. The number of carbonyl (C=O) groups excluding carboxylic acids is 3. The van der Waals surface area contributed by atoms with Gasteiger partial charge < -0.3 is 9.47 Å². The molecule has 1 aliphatic carbocycles. The van der Waals surface area contributed by atoms with Crippen LogP contribution in [0.4, 0.5) is 4.79 Å². The molecule has 1 amide bonds. The maximum absolute atomic E-state index is 12.7. The van der Waals surface area contributed by atoms with Gasteiger partial charge in [0, 0.05) is 31.2 Å². The average Bonchev–Trinajstić information content (AvgIpc) is 3.20. The molecule has 27 heavy (non-hydrogen) atoms. The van der Waals surface area contributed by atoms with E-state index < -0.39 is 24.0 Å². The van der Waals surface area contributed by atoms with E-state index in [9.17, 15) is 14.4 Å². The predicted molar refractivity (Wildman–Crippen MR) is 94.1 cm³/mol. The van der Waals surface area contributed by atoms with E-state index in [1.54, 1.807) is 6.92 Å². The SMILES string of the molecule is CCOC(=O)C1C2C(CC#N)CC(=O)C2CN1C(=O)OCc1ccccc1. The third kappa shape index (κ3) is 3.80. The number of ketones is 1. The predicted octanol–water partition coefficient (Wildman–Crippen LogP) is 2.31. The first-order chi connectivity index (χ1) is 13.1. The van der Waals surface area contributed by atoms with Gasteiger partial charge in [-0.05, 0) is 18.4 Å². The highest BCUT2D eigenvalue weighted by Gasteiger charge is 2.58. The van der Waals surface area contributed by atoms with Gasteiger partial charge in [-0.2, -0.15) is 5.26 Å². The molecule has 3 rings (SSSR count). The van der Waals surface area contributed by atoms with Crippen molar-refractivity contribution in [1.82, 2.24) is 4.90 Å². The molecule has 2 aliphatic rings. The zero-order valence-corrected chi connectivity index (χ0v) is 15.2. The lowest BCUT2D eigenvalue weighted by atomic mass is 9.85. The summed E-state index contributed by atoms with van der Waals surface area (Å²) in [5.41, 5.74) is 0.830. The first kappa shape index (κ1) is 18.9. The van der Waals surface area contributed by atoms with Crippen molar-refractivity contribution < 1.29 is 23.9 Å². The highest BCUT2D eigenvalue weighted by Crippen LogP contribution is 2.46. The van der Waals surface area contributed by atoms with Crippen molar-refractivity contribution in [3.8, 4) is 6.07 Å². The molecule has 1 saturated heterocycles. The van der Waals surface area contributed by atoms with Crippen molar-refractivity contribution in [2.45, 2.75) is 32.4 Å². The first-order valence-electron chi connectivity index (χ1n) is 9.10. The molecular formula is C20H22N2O5. The molecule has 4 unspecified atom stereocenters. The van der Waals surface area contributed by atoms with Gasteiger partial charge in [-0.15, -0.1) is 0 Å². The maximum atomic E-state index is 12.7. The van der Waals surface area contributed by atoms with E-state index in [1.165, 1.54) is 4.90 Å². The van der Waals surface area contributed by atoms with Crippen molar-refractivity contribution in [3.05, 3.63) is 35.9 Å². The van der Waals surface area contributed by atoms with Crippen LogP contribution >= 0.6 is 0 Å². The summed E-state index contributed by atoms with van der Waals surface area (Å²) in [5, 5.41) is 9.06. The van der Waals surface area contributed by atoms with Gasteiger partial charge in [0.2, 0.25) is 0 Å². The number of likely N-dealkylation sites (tertiary alicyclic amines) is 1. The number of nitriles is 1. The zero-order valence-electron chi connectivity index (χ0n) is 15.2. The Morgan fingerprint density at radius 3 is 2.67 bits per heavy atom. The molecule has 1 saturated carbocycles. The number of carbonyl (C=O) groups is 3. The number of hydrogen-bond acceptors (Lipinski definition) is 6. The van der Waals surface area contributed by atoms with Crippen LogP contribution in [0.3, 0.4) is 0 Å². The standard InChI is InChI=1S/C20H22N2O5/c1-2-26-19(24)18-17-14(8-9-21)10-16(23)15(17)11-22(18)20(25)27-12-13-6-4-3-5-7-13/h3-7,14-15,17-18H,2,8,10-12H2,1H3. The lowest BCUT2D eigenvalue weighted by Gasteiger charge is -2.27. The minimum atomic E-state index is -0.886. The molecule has 0 radical (unpaired) electrons. The Labute approximate surface area is 157 Å². The quantitative estimate of drug-likeness (QED) is 0.738. The summed E-state index contributed by atoms with van der Waals surface area (Å²) in [5.74, 6) is -1.62. The molecule has 0 bridgehead atoms. The normalized spacial score (nSPS) is 26.4. The Bertz CT molecular complexity index is 757. The summed E-state index contributed by atoms with van der Waals surface area (Å²) in [6.45, 7) is 2.07. The highest BCUT2D eigenvalue weighted by atomic mass is 16.6. The largest absolute Gasteiger partial charge is 0.464 e. The maximum Gasteiger partial charge on any atom is 0.410 e. The average molecular weight is 370 g/mol. The molecule has 1 aromatic rings. The van der Waals surface area contributed by atoms with E-state index in [1.807, 2.05) is 30.3 Å². The first-order valence-corrected chi connectivity index (χ1v) is 9.10. The van der Waals surface area contributed by atoms with Gasteiger partial charge >= 0.3 is 12.1 Å². The Morgan fingerprint density at radius 2 is 2.00 bits per heavy atom. The summed E-state index contributed by atoms with van der Waals surface area (Å²) in [7, 11) is 0. The highest BCUT2D eigenvalue weighted by molar-refractivity contribution is 5.90. The van der Waals surface area contributed by atoms with Gasteiger partial charge in [0.05, 0.1) is 12.7 Å². The number of amides is 1. The Hall–Kier alpha value is -2.88. The fourth-order valence-corrected chi connectivity index (χ4v) is 4.15. The van der Waals surface area contributed by atoms with Crippen LogP contribution in [0.15, 0.2) is 30.3 Å². The molecule has 1 heterocycles. The van der Waals surface area contributed by atoms with Crippen molar-refractivity contribution in [3.63, 3.8) is 0 Å². The summed E-state index contributed by atoms with van der Waals surface area (Å²) in [6, 6.07) is 10.4. The van der Waals surface area contributed by atoms with Gasteiger partial charge in [-0.3, -0.25) is 9.69 Å². The van der Waals surface area contributed by atoms with Gasteiger partial charge in [0.15, 0.2) is 0 Å².